The van der Waals surface area contributed by atoms with Crippen molar-refractivity contribution >= 4 is 5.97 Å². The highest BCUT2D eigenvalue weighted by atomic mass is 16.5. The van der Waals surface area contributed by atoms with Gasteiger partial charge in [0.25, 0.3) is 0 Å². The van der Waals surface area contributed by atoms with Crippen LogP contribution in [0.3, 0.4) is 0 Å². The van der Waals surface area contributed by atoms with Crippen LogP contribution in [0.5, 0.6) is 0 Å². The van der Waals surface area contributed by atoms with E-state index in [1.165, 1.54) is 13.8 Å². The van der Waals surface area contributed by atoms with E-state index in [1.807, 2.05) is 19.9 Å². The third-order valence-corrected chi connectivity index (χ3v) is 5.31. The monoisotopic (exact) mass is 478 g/mol. The first-order valence-electron chi connectivity index (χ1n) is 11.0. The highest BCUT2D eigenvalue weighted by Crippen LogP contribution is 2.24. The molecule has 0 amide bonds. The first-order chi connectivity index (χ1) is 15.2. The average Bonchev–Trinajstić information content (AvgIpc) is 2.73. The molecule has 0 saturated carbocycles. The zero-order valence-electron chi connectivity index (χ0n) is 20.2. The summed E-state index contributed by atoms with van der Waals surface area (Å²) in [6.07, 6.45) is -4.15. The Morgan fingerprint density at radius 3 is 2.06 bits per heavy atom. The minimum Gasteiger partial charge on any atom is -0.458 e. The minimum atomic E-state index is -1.75. The van der Waals surface area contributed by atoms with Gasteiger partial charge in [0, 0.05) is 13.3 Å². The highest BCUT2D eigenvalue weighted by molar-refractivity contribution is 5.66. The van der Waals surface area contributed by atoms with Crippen LogP contribution in [0.4, 0.5) is 0 Å². The summed E-state index contributed by atoms with van der Waals surface area (Å²) in [6, 6.07) is 0. The van der Waals surface area contributed by atoms with Crippen molar-refractivity contribution in [2.75, 3.05) is 19.8 Å². The van der Waals surface area contributed by atoms with Gasteiger partial charge >= 0.3 is 5.97 Å². The van der Waals surface area contributed by atoms with Gasteiger partial charge in [-0.05, 0) is 46.1 Å². The number of esters is 1. The highest BCUT2D eigenvalue weighted by Gasteiger charge is 2.33. The van der Waals surface area contributed by atoms with Crippen molar-refractivity contribution < 1.29 is 50.0 Å². The molecule has 0 aromatic carbocycles. The zero-order chi connectivity index (χ0) is 25.8. The van der Waals surface area contributed by atoms with Crippen molar-refractivity contribution in [1.82, 2.24) is 0 Å². The maximum atomic E-state index is 11.5. The van der Waals surface area contributed by atoms with Gasteiger partial charge in [0.1, 0.15) is 30.5 Å². The molecule has 0 rings (SSSR count). The second kappa shape index (κ2) is 15.5. The largest absolute Gasteiger partial charge is 0.458 e. The molecule has 0 unspecified atom stereocenters. The van der Waals surface area contributed by atoms with E-state index in [1.54, 1.807) is 13.0 Å². The molecule has 0 saturated heterocycles. The van der Waals surface area contributed by atoms with Gasteiger partial charge in [-0.3, -0.25) is 4.79 Å². The van der Waals surface area contributed by atoms with Gasteiger partial charge in [0.2, 0.25) is 0 Å². The summed E-state index contributed by atoms with van der Waals surface area (Å²) in [5, 5.41) is 68.5. The Labute approximate surface area is 195 Å². The van der Waals surface area contributed by atoms with Crippen LogP contribution in [0, 0.1) is 0 Å². The molecule has 0 radical (unpaired) electrons. The lowest BCUT2D eigenvalue weighted by Gasteiger charge is -2.31. The topological polar surface area (TPSA) is 177 Å². The maximum absolute atomic E-state index is 11.5. The maximum Gasteiger partial charge on any atom is 0.303 e. The Kier molecular flexibility index (Phi) is 14.9. The normalized spacial score (nSPS) is 19.6. The Hall–Kier alpha value is -1.37. The van der Waals surface area contributed by atoms with Crippen LogP contribution in [0.25, 0.3) is 0 Å². The summed E-state index contributed by atoms with van der Waals surface area (Å²) < 4.78 is 10.5. The van der Waals surface area contributed by atoms with Crippen LogP contribution in [-0.4, -0.2) is 104 Å². The molecule has 0 aromatic heterocycles. The fraction of sp³-hybridized carbons (Fsp3) is 0.783. The summed E-state index contributed by atoms with van der Waals surface area (Å²) in [4.78, 5) is 11.5. The van der Waals surface area contributed by atoms with E-state index in [2.05, 4.69) is 0 Å². The molecular formula is C23H42O10. The predicted molar refractivity (Wildman–Crippen MR) is 121 cm³/mol. The number of hydrogen-bond acceptors (Lipinski definition) is 10. The molecule has 0 bridgehead atoms. The molecule has 0 fully saturated rings. The third-order valence-electron chi connectivity index (χ3n) is 5.31. The van der Waals surface area contributed by atoms with Gasteiger partial charge in [0.05, 0.1) is 31.5 Å². The van der Waals surface area contributed by atoms with Gasteiger partial charge in [-0.1, -0.05) is 17.7 Å². The van der Waals surface area contributed by atoms with Crippen molar-refractivity contribution in [1.29, 1.82) is 0 Å². The Bertz CT molecular complexity index is 627. The van der Waals surface area contributed by atoms with Crippen LogP contribution < -0.4 is 0 Å². The lowest BCUT2D eigenvalue weighted by Crippen LogP contribution is -2.47. The van der Waals surface area contributed by atoms with Crippen LogP contribution in [0.15, 0.2) is 23.3 Å². The quantitative estimate of drug-likeness (QED) is 0.0874. The number of aliphatic hydroxyl groups is 7. The summed E-state index contributed by atoms with van der Waals surface area (Å²) in [6.45, 7) is 7.11. The molecular weight excluding hydrogens is 436 g/mol. The SMILES string of the molecule is CC(=O)O[C@@H](C[C@H](O)[C@](C)(O)CCC=C(C)C)/C(C)=C/COC[C@H](O)[C@H](O)[C@H](O)[C@H](O)CO. The smallest absolute Gasteiger partial charge is 0.303 e. The van der Waals surface area contributed by atoms with E-state index in [-0.39, 0.29) is 19.6 Å². The molecule has 0 aliphatic rings. The molecule has 0 heterocycles. The average molecular weight is 479 g/mol. The van der Waals surface area contributed by atoms with Gasteiger partial charge in [0.15, 0.2) is 0 Å². The Balaban J connectivity index is 4.93. The van der Waals surface area contributed by atoms with Crippen molar-refractivity contribution in [3.63, 3.8) is 0 Å². The summed E-state index contributed by atoms with van der Waals surface area (Å²) in [5.74, 6) is -0.556. The Morgan fingerprint density at radius 1 is 0.970 bits per heavy atom. The molecule has 7 atom stereocenters. The summed E-state index contributed by atoms with van der Waals surface area (Å²) in [5.41, 5.74) is 0.269. The number of aliphatic hydroxyl groups excluding tert-OH is 6. The molecule has 7 N–H and O–H groups in total. The molecule has 10 heteroatoms. The van der Waals surface area contributed by atoms with Crippen molar-refractivity contribution in [3.8, 4) is 0 Å². The van der Waals surface area contributed by atoms with Gasteiger partial charge in [-0.15, -0.1) is 0 Å². The van der Waals surface area contributed by atoms with Crippen LogP contribution >= 0.6 is 0 Å². The van der Waals surface area contributed by atoms with E-state index in [0.717, 1.165) is 5.57 Å². The fourth-order valence-corrected chi connectivity index (χ4v) is 2.98. The number of hydrogen-bond donors (Lipinski definition) is 7. The molecule has 0 aromatic rings. The van der Waals surface area contributed by atoms with Crippen LogP contribution in [0.2, 0.25) is 0 Å². The molecule has 0 aliphatic heterocycles. The van der Waals surface area contributed by atoms with Gasteiger partial charge < -0.3 is 45.2 Å². The molecule has 0 spiro atoms. The first-order valence-corrected chi connectivity index (χ1v) is 11.0. The second-order valence-electron chi connectivity index (χ2n) is 8.81. The second-order valence-corrected chi connectivity index (χ2v) is 8.81. The lowest BCUT2D eigenvalue weighted by molar-refractivity contribution is -0.148. The van der Waals surface area contributed by atoms with Crippen LogP contribution in [0.1, 0.15) is 53.9 Å². The summed E-state index contributed by atoms with van der Waals surface area (Å²) >= 11 is 0. The minimum absolute atomic E-state index is 0.0314. The molecule has 33 heavy (non-hydrogen) atoms. The number of ether oxygens (including phenoxy) is 2. The van der Waals surface area contributed by atoms with Crippen molar-refractivity contribution in [2.45, 2.75) is 96.1 Å². The van der Waals surface area contributed by atoms with Crippen molar-refractivity contribution in [3.05, 3.63) is 23.3 Å². The van der Waals surface area contributed by atoms with E-state index in [4.69, 9.17) is 14.6 Å². The van der Waals surface area contributed by atoms with E-state index < -0.39 is 54.8 Å². The molecule has 0 aliphatic carbocycles. The van der Waals surface area contributed by atoms with Gasteiger partial charge in [-0.2, -0.15) is 0 Å². The fourth-order valence-electron chi connectivity index (χ4n) is 2.98. The first kappa shape index (κ1) is 31.6. The van der Waals surface area contributed by atoms with E-state index >= 15 is 0 Å². The van der Waals surface area contributed by atoms with Crippen molar-refractivity contribution in [2.24, 2.45) is 0 Å². The summed E-state index contributed by atoms with van der Waals surface area (Å²) in [7, 11) is 0. The molecule has 10 nitrogen and oxygen atoms in total. The van der Waals surface area contributed by atoms with Gasteiger partial charge in [-0.25, -0.2) is 0 Å². The number of carbonyl (C=O) groups is 1. The zero-order valence-corrected chi connectivity index (χ0v) is 20.2. The predicted octanol–water partition coefficient (Wildman–Crippen LogP) is -0.435. The Morgan fingerprint density at radius 2 is 1.55 bits per heavy atom. The standard InChI is InChI=1S/C23H42O10/c1-14(2)7-6-9-23(5,31)20(28)11-19(33-16(4)25)15(3)8-10-32-13-18(27)22(30)21(29)17(26)12-24/h7-8,17-22,24,26-31H,6,9-13H2,1-5H3/b15-8+/t17-,18+,19+,20+,21-,22+,23-/m1/s1. The van der Waals surface area contributed by atoms with E-state index in [0.29, 0.717) is 18.4 Å². The van der Waals surface area contributed by atoms with Crippen LogP contribution in [-0.2, 0) is 14.3 Å². The number of carbonyl (C=O) groups excluding carboxylic acids is 1. The number of rotatable bonds is 16. The lowest BCUT2D eigenvalue weighted by atomic mass is 9.88. The van der Waals surface area contributed by atoms with E-state index in [9.17, 15) is 35.4 Å². The number of allylic oxidation sites excluding steroid dienone is 2. The molecule has 194 valence electrons. The third kappa shape index (κ3) is 12.6.